The van der Waals surface area contributed by atoms with Gasteiger partial charge in [0.25, 0.3) is 0 Å². The molecule has 0 rings (SSSR count). The molecule has 0 aromatic heterocycles. The highest BCUT2D eigenvalue weighted by molar-refractivity contribution is 5.78. The molecule has 0 fully saturated rings. The first-order valence-corrected chi connectivity index (χ1v) is 7.45. The average molecular weight is 326 g/mol. The normalized spacial score (nSPS) is 10.5. The molecule has 6 N–H and O–H groups in total. The molecule has 0 aromatic rings. The first-order valence-electron chi connectivity index (χ1n) is 7.45. The summed E-state index contributed by atoms with van der Waals surface area (Å²) in [5, 5.41) is 48.0. The number of Topliss-reactive ketones (excluding diaryl/α,β-unsaturated/α-hetero) is 1. The number of rotatable bonds is 8. The predicted molar refractivity (Wildman–Crippen MR) is 84.3 cm³/mol. The second-order valence-corrected chi connectivity index (χ2v) is 5.77. The summed E-state index contributed by atoms with van der Waals surface area (Å²) >= 11 is 0. The van der Waals surface area contributed by atoms with E-state index in [0.29, 0.717) is 17.6 Å². The van der Waals surface area contributed by atoms with Crippen LogP contribution in [0.25, 0.3) is 0 Å². The highest BCUT2D eigenvalue weighted by Crippen LogP contribution is 2.07. The lowest BCUT2D eigenvalue weighted by atomic mass is 10.00. The number of ketones is 1. The molecule has 0 radical (unpaired) electrons. The molecule has 0 unspecified atom stereocenters. The SMILES string of the molecule is CC(C)CC(=O)CC(C)C.OCC(O)CO.OCC(O)CO. The van der Waals surface area contributed by atoms with E-state index < -0.39 is 12.2 Å². The minimum Gasteiger partial charge on any atom is -0.394 e. The summed E-state index contributed by atoms with van der Waals surface area (Å²) < 4.78 is 0. The Bertz CT molecular complexity index is 202. The zero-order chi connectivity index (χ0) is 18.1. The van der Waals surface area contributed by atoms with Crippen LogP contribution in [0, 0.1) is 11.8 Å². The third-order valence-corrected chi connectivity index (χ3v) is 2.11. The lowest BCUT2D eigenvalue weighted by Gasteiger charge is -2.05. The van der Waals surface area contributed by atoms with Gasteiger partial charge in [0.1, 0.15) is 18.0 Å². The fourth-order valence-corrected chi connectivity index (χ4v) is 1.11. The number of carbonyl (C=O) groups excluding carboxylic acids is 1. The van der Waals surface area contributed by atoms with E-state index in [-0.39, 0.29) is 26.4 Å². The third-order valence-electron chi connectivity index (χ3n) is 2.11. The minimum atomic E-state index is -0.954. The summed E-state index contributed by atoms with van der Waals surface area (Å²) in [4.78, 5) is 11.1. The highest BCUT2D eigenvalue weighted by atomic mass is 16.3. The Morgan fingerprint density at radius 2 is 0.909 bits per heavy atom. The largest absolute Gasteiger partial charge is 0.394 e. The van der Waals surface area contributed by atoms with Crippen LogP contribution >= 0.6 is 0 Å². The molecule has 0 saturated carbocycles. The summed E-state index contributed by atoms with van der Waals surface area (Å²) in [5.41, 5.74) is 0. The first kappa shape index (κ1) is 26.3. The Morgan fingerprint density at radius 1 is 0.682 bits per heavy atom. The van der Waals surface area contributed by atoms with Gasteiger partial charge in [-0.05, 0) is 11.8 Å². The fraction of sp³-hybridized carbons (Fsp3) is 0.933. The molecule has 0 aliphatic heterocycles. The van der Waals surface area contributed by atoms with Crippen molar-refractivity contribution in [3.8, 4) is 0 Å². The molecule has 0 aromatic carbocycles. The van der Waals surface area contributed by atoms with Crippen LogP contribution in [0.1, 0.15) is 40.5 Å². The number of aliphatic hydroxyl groups is 6. The van der Waals surface area contributed by atoms with Gasteiger partial charge in [-0.25, -0.2) is 0 Å². The highest BCUT2D eigenvalue weighted by Gasteiger charge is 2.06. The van der Waals surface area contributed by atoms with Gasteiger partial charge in [-0.15, -0.1) is 0 Å². The van der Waals surface area contributed by atoms with Gasteiger partial charge < -0.3 is 30.6 Å². The zero-order valence-electron chi connectivity index (χ0n) is 14.1. The second-order valence-electron chi connectivity index (χ2n) is 5.77. The van der Waals surface area contributed by atoms with Crippen molar-refractivity contribution in [2.24, 2.45) is 11.8 Å². The molecule has 0 heterocycles. The summed E-state index contributed by atoms with van der Waals surface area (Å²) in [6.45, 7) is 6.87. The van der Waals surface area contributed by atoms with Crippen LogP contribution in [-0.2, 0) is 4.79 Å². The molecule has 7 nitrogen and oxygen atoms in total. The van der Waals surface area contributed by atoms with Crippen LogP contribution < -0.4 is 0 Å². The van der Waals surface area contributed by atoms with Crippen molar-refractivity contribution in [3.05, 3.63) is 0 Å². The Kier molecular flexibility index (Phi) is 22.1. The maximum atomic E-state index is 11.1. The van der Waals surface area contributed by atoms with E-state index in [9.17, 15) is 4.79 Å². The molecular weight excluding hydrogens is 292 g/mol. The van der Waals surface area contributed by atoms with Crippen molar-refractivity contribution in [1.82, 2.24) is 0 Å². The molecule has 0 bridgehead atoms. The van der Waals surface area contributed by atoms with Crippen LogP contribution in [0.4, 0.5) is 0 Å². The number of carbonyl (C=O) groups is 1. The number of aliphatic hydroxyl groups excluding tert-OH is 6. The second kappa shape index (κ2) is 18.5. The van der Waals surface area contributed by atoms with Crippen molar-refractivity contribution < 1.29 is 35.4 Å². The van der Waals surface area contributed by atoms with Crippen LogP contribution in [0.2, 0.25) is 0 Å². The van der Waals surface area contributed by atoms with Crippen LogP contribution in [0.5, 0.6) is 0 Å². The maximum Gasteiger partial charge on any atom is 0.133 e. The van der Waals surface area contributed by atoms with E-state index in [1.165, 1.54) is 0 Å². The van der Waals surface area contributed by atoms with E-state index in [0.717, 1.165) is 12.8 Å². The fourth-order valence-electron chi connectivity index (χ4n) is 1.11. The van der Waals surface area contributed by atoms with Gasteiger partial charge in [0.2, 0.25) is 0 Å². The lowest BCUT2D eigenvalue weighted by Crippen LogP contribution is -2.15. The van der Waals surface area contributed by atoms with Gasteiger partial charge in [0.05, 0.1) is 26.4 Å². The molecule has 0 saturated heterocycles. The Balaban J connectivity index is -0.000000261. The van der Waals surface area contributed by atoms with Gasteiger partial charge in [-0.3, -0.25) is 4.79 Å². The lowest BCUT2D eigenvalue weighted by molar-refractivity contribution is -0.120. The standard InChI is InChI=1S/C9H18O.2C3H8O3/c1-7(2)5-9(10)6-8(3)4;2*4-1-3(6)2-5/h7-8H,5-6H2,1-4H3;2*3-6H,1-2H2. The summed E-state index contributed by atoms with van der Waals surface area (Å²) in [5.74, 6) is 1.45. The third kappa shape index (κ3) is 27.7. The average Bonchev–Trinajstić information content (AvgIpc) is 2.45. The molecule has 136 valence electrons. The monoisotopic (exact) mass is 326 g/mol. The summed E-state index contributed by atoms with van der Waals surface area (Å²) in [6.07, 6.45) is -0.411. The van der Waals surface area contributed by atoms with E-state index in [2.05, 4.69) is 27.7 Å². The summed E-state index contributed by atoms with van der Waals surface area (Å²) in [7, 11) is 0. The van der Waals surface area contributed by atoms with Crippen LogP contribution in [0.3, 0.4) is 0 Å². The van der Waals surface area contributed by atoms with Crippen molar-refractivity contribution in [3.63, 3.8) is 0 Å². The molecular formula is C15H34O7. The molecule has 0 amide bonds. The Hall–Kier alpha value is -0.570. The van der Waals surface area contributed by atoms with Gasteiger partial charge in [-0.1, -0.05) is 27.7 Å². The smallest absolute Gasteiger partial charge is 0.133 e. The first-order chi connectivity index (χ1) is 10.1. The van der Waals surface area contributed by atoms with Gasteiger partial charge in [0.15, 0.2) is 0 Å². The predicted octanol–water partition coefficient (Wildman–Crippen LogP) is -0.688. The maximum absolute atomic E-state index is 11.1. The Labute approximate surface area is 133 Å². The molecule has 0 spiro atoms. The van der Waals surface area contributed by atoms with Gasteiger partial charge >= 0.3 is 0 Å². The van der Waals surface area contributed by atoms with E-state index in [1.54, 1.807) is 0 Å². The van der Waals surface area contributed by atoms with Crippen molar-refractivity contribution in [2.45, 2.75) is 52.7 Å². The Morgan fingerprint density at radius 3 is 1.00 bits per heavy atom. The molecule has 7 heteroatoms. The molecule has 22 heavy (non-hydrogen) atoms. The quantitative estimate of drug-likeness (QED) is 0.347. The zero-order valence-corrected chi connectivity index (χ0v) is 14.1. The van der Waals surface area contributed by atoms with Gasteiger partial charge in [0, 0.05) is 12.8 Å². The van der Waals surface area contributed by atoms with Crippen molar-refractivity contribution >= 4 is 5.78 Å². The molecule has 0 atom stereocenters. The summed E-state index contributed by atoms with van der Waals surface area (Å²) in [6, 6.07) is 0. The van der Waals surface area contributed by atoms with E-state index >= 15 is 0 Å². The molecule has 0 aliphatic rings. The van der Waals surface area contributed by atoms with Crippen LogP contribution in [-0.4, -0.2) is 75.1 Å². The van der Waals surface area contributed by atoms with Crippen molar-refractivity contribution in [2.75, 3.05) is 26.4 Å². The van der Waals surface area contributed by atoms with Crippen molar-refractivity contribution in [1.29, 1.82) is 0 Å². The topological polar surface area (TPSA) is 138 Å². The number of hydrogen-bond acceptors (Lipinski definition) is 7. The number of hydrogen-bond donors (Lipinski definition) is 6. The minimum absolute atomic E-state index is 0.365. The molecule has 0 aliphatic carbocycles. The van der Waals surface area contributed by atoms with E-state index in [4.69, 9.17) is 30.6 Å². The van der Waals surface area contributed by atoms with E-state index in [1.807, 2.05) is 0 Å². The van der Waals surface area contributed by atoms with Gasteiger partial charge in [-0.2, -0.15) is 0 Å². The van der Waals surface area contributed by atoms with Crippen LogP contribution in [0.15, 0.2) is 0 Å².